The Bertz CT molecular complexity index is 208. The third kappa shape index (κ3) is 4.57. The minimum atomic E-state index is 0.197. The molecular weight excluding hydrogens is 210 g/mol. The number of hydrogen-bond donors (Lipinski definition) is 2. The highest BCUT2D eigenvalue weighted by molar-refractivity contribution is 4.95. The summed E-state index contributed by atoms with van der Waals surface area (Å²) in [6, 6.07) is 0.579. The fraction of sp³-hybridized carbons (Fsp3) is 1.00. The first-order valence-electron chi connectivity index (χ1n) is 7.21. The third-order valence-corrected chi connectivity index (χ3v) is 3.99. The molecule has 3 nitrogen and oxygen atoms in total. The molecule has 3 heteroatoms. The Morgan fingerprint density at radius 1 is 1.24 bits per heavy atom. The standard InChI is InChI=1S/C14H31N3/c1-5-13(4)16-14(11-15)6-8-17(9-7-14)10-12(2)3/h12-13,16H,5-11,15H2,1-4H3. The number of likely N-dealkylation sites (tertiary alicyclic amines) is 1. The van der Waals surface area contributed by atoms with Gasteiger partial charge in [-0.15, -0.1) is 0 Å². The predicted molar refractivity (Wildman–Crippen MR) is 75.2 cm³/mol. The van der Waals surface area contributed by atoms with Crippen LogP contribution in [0.3, 0.4) is 0 Å². The SMILES string of the molecule is CCC(C)NC1(CN)CCN(CC(C)C)CC1. The van der Waals surface area contributed by atoms with Crippen molar-refractivity contribution in [1.29, 1.82) is 0 Å². The normalized spacial score (nSPS) is 22.9. The maximum absolute atomic E-state index is 6.01. The van der Waals surface area contributed by atoms with Crippen LogP contribution in [0.2, 0.25) is 0 Å². The summed E-state index contributed by atoms with van der Waals surface area (Å²) in [6.45, 7) is 13.5. The number of nitrogens with two attached hydrogens (primary N) is 1. The summed E-state index contributed by atoms with van der Waals surface area (Å²) >= 11 is 0. The van der Waals surface area contributed by atoms with Gasteiger partial charge in [0.15, 0.2) is 0 Å². The minimum absolute atomic E-state index is 0.197. The maximum Gasteiger partial charge on any atom is 0.0330 e. The number of hydrogen-bond acceptors (Lipinski definition) is 3. The molecule has 17 heavy (non-hydrogen) atoms. The quantitative estimate of drug-likeness (QED) is 0.745. The first kappa shape index (κ1) is 14.9. The van der Waals surface area contributed by atoms with E-state index in [0.717, 1.165) is 12.5 Å². The van der Waals surface area contributed by atoms with Crippen molar-refractivity contribution < 1.29 is 0 Å². The number of nitrogens with zero attached hydrogens (tertiary/aromatic N) is 1. The molecule has 1 fully saturated rings. The Morgan fingerprint density at radius 2 is 1.82 bits per heavy atom. The number of nitrogens with one attached hydrogen (secondary N) is 1. The molecule has 0 spiro atoms. The van der Waals surface area contributed by atoms with Crippen molar-refractivity contribution in [2.45, 2.75) is 58.5 Å². The molecule has 1 saturated heterocycles. The van der Waals surface area contributed by atoms with Gasteiger partial charge in [0.05, 0.1) is 0 Å². The molecule has 0 radical (unpaired) electrons. The van der Waals surface area contributed by atoms with Crippen molar-refractivity contribution in [3.63, 3.8) is 0 Å². The van der Waals surface area contributed by atoms with Crippen LogP contribution < -0.4 is 11.1 Å². The molecule has 1 aliphatic rings. The van der Waals surface area contributed by atoms with E-state index in [1.807, 2.05) is 0 Å². The minimum Gasteiger partial charge on any atom is -0.329 e. The van der Waals surface area contributed by atoms with Crippen LogP contribution in [0.1, 0.15) is 47.0 Å². The molecule has 102 valence electrons. The van der Waals surface area contributed by atoms with Crippen LogP contribution >= 0.6 is 0 Å². The van der Waals surface area contributed by atoms with Crippen LogP contribution in [-0.2, 0) is 0 Å². The van der Waals surface area contributed by atoms with E-state index in [1.165, 1.54) is 38.9 Å². The molecule has 0 bridgehead atoms. The Kier molecular flexibility index (Phi) is 5.90. The van der Waals surface area contributed by atoms with Gasteiger partial charge in [0.1, 0.15) is 0 Å². The maximum atomic E-state index is 6.01. The Labute approximate surface area is 107 Å². The molecule has 0 amide bonds. The molecule has 1 unspecified atom stereocenters. The molecule has 1 atom stereocenters. The van der Waals surface area contributed by atoms with E-state index in [-0.39, 0.29) is 5.54 Å². The number of piperidine rings is 1. The van der Waals surface area contributed by atoms with Gasteiger partial charge in [-0.05, 0) is 45.2 Å². The van der Waals surface area contributed by atoms with Gasteiger partial charge in [-0.2, -0.15) is 0 Å². The third-order valence-electron chi connectivity index (χ3n) is 3.99. The Balaban J connectivity index is 2.45. The van der Waals surface area contributed by atoms with Crippen molar-refractivity contribution in [3.05, 3.63) is 0 Å². The molecule has 1 aliphatic heterocycles. The topological polar surface area (TPSA) is 41.3 Å². The van der Waals surface area contributed by atoms with Crippen LogP contribution in [-0.4, -0.2) is 42.7 Å². The summed E-state index contributed by atoms with van der Waals surface area (Å²) in [5, 5.41) is 3.75. The van der Waals surface area contributed by atoms with E-state index >= 15 is 0 Å². The van der Waals surface area contributed by atoms with Gasteiger partial charge < -0.3 is 16.0 Å². The molecule has 1 rings (SSSR count). The van der Waals surface area contributed by atoms with Gasteiger partial charge in [0, 0.05) is 24.7 Å². The van der Waals surface area contributed by atoms with Gasteiger partial charge in [0.2, 0.25) is 0 Å². The van der Waals surface area contributed by atoms with Crippen molar-refractivity contribution in [2.75, 3.05) is 26.2 Å². The van der Waals surface area contributed by atoms with Crippen molar-refractivity contribution in [1.82, 2.24) is 10.2 Å². The molecule has 0 aliphatic carbocycles. The summed E-state index contributed by atoms with van der Waals surface area (Å²) in [4.78, 5) is 2.58. The second kappa shape index (κ2) is 6.72. The van der Waals surface area contributed by atoms with E-state index < -0.39 is 0 Å². The van der Waals surface area contributed by atoms with Crippen LogP contribution in [0.5, 0.6) is 0 Å². The lowest BCUT2D eigenvalue weighted by Crippen LogP contribution is -2.60. The fourth-order valence-electron chi connectivity index (χ4n) is 2.71. The number of rotatable bonds is 6. The van der Waals surface area contributed by atoms with Crippen molar-refractivity contribution >= 4 is 0 Å². The molecule has 0 aromatic heterocycles. The highest BCUT2D eigenvalue weighted by atomic mass is 15.2. The van der Waals surface area contributed by atoms with Crippen LogP contribution in [0.15, 0.2) is 0 Å². The first-order valence-corrected chi connectivity index (χ1v) is 7.21. The molecule has 3 N–H and O–H groups in total. The average Bonchev–Trinajstić information content (AvgIpc) is 2.31. The lowest BCUT2D eigenvalue weighted by molar-refractivity contribution is 0.120. The highest BCUT2D eigenvalue weighted by Gasteiger charge is 2.33. The largest absolute Gasteiger partial charge is 0.329 e. The summed E-state index contributed by atoms with van der Waals surface area (Å²) < 4.78 is 0. The first-order chi connectivity index (χ1) is 8.01. The van der Waals surface area contributed by atoms with Crippen molar-refractivity contribution in [3.8, 4) is 0 Å². The summed E-state index contributed by atoms with van der Waals surface area (Å²) in [7, 11) is 0. The average molecular weight is 241 g/mol. The van der Waals surface area contributed by atoms with Gasteiger partial charge in [-0.25, -0.2) is 0 Å². The van der Waals surface area contributed by atoms with Crippen LogP contribution in [0.25, 0.3) is 0 Å². The molecule has 0 aromatic carbocycles. The lowest BCUT2D eigenvalue weighted by atomic mass is 9.86. The predicted octanol–water partition coefficient (Wildman–Crippen LogP) is 1.82. The van der Waals surface area contributed by atoms with Crippen molar-refractivity contribution in [2.24, 2.45) is 11.7 Å². The zero-order chi connectivity index (χ0) is 12.9. The van der Waals surface area contributed by atoms with E-state index in [0.29, 0.717) is 6.04 Å². The fourth-order valence-corrected chi connectivity index (χ4v) is 2.71. The second-order valence-electron chi connectivity index (χ2n) is 6.13. The van der Waals surface area contributed by atoms with Gasteiger partial charge in [0.25, 0.3) is 0 Å². The smallest absolute Gasteiger partial charge is 0.0330 e. The van der Waals surface area contributed by atoms with Crippen LogP contribution in [0, 0.1) is 5.92 Å². The Morgan fingerprint density at radius 3 is 2.24 bits per heavy atom. The van der Waals surface area contributed by atoms with E-state index in [2.05, 4.69) is 37.9 Å². The van der Waals surface area contributed by atoms with E-state index in [9.17, 15) is 0 Å². The molecule has 1 heterocycles. The second-order valence-corrected chi connectivity index (χ2v) is 6.13. The molecule has 0 aromatic rings. The highest BCUT2D eigenvalue weighted by Crippen LogP contribution is 2.23. The monoisotopic (exact) mass is 241 g/mol. The Hall–Kier alpha value is -0.120. The van der Waals surface area contributed by atoms with E-state index in [4.69, 9.17) is 5.73 Å². The molecular formula is C14H31N3. The molecule has 0 saturated carbocycles. The lowest BCUT2D eigenvalue weighted by Gasteiger charge is -2.44. The van der Waals surface area contributed by atoms with Gasteiger partial charge in [-0.1, -0.05) is 20.8 Å². The summed E-state index contributed by atoms with van der Waals surface area (Å²) in [5.74, 6) is 0.767. The van der Waals surface area contributed by atoms with Gasteiger partial charge >= 0.3 is 0 Å². The zero-order valence-electron chi connectivity index (χ0n) is 12.1. The summed E-state index contributed by atoms with van der Waals surface area (Å²) in [6.07, 6.45) is 3.57. The zero-order valence-corrected chi connectivity index (χ0v) is 12.1. The summed E-state index contributed by atoms with van der Waals surface area (Å²) in [5.41, 5.74) is 6.20. The van der Waals surface area contributed by atoms with E-state index in [1.54, 1.807) is 0 Å². The van der Waals surface area contributed by atoms with Crippen LogP contribution in [0.4, 0.5) is 0 Å². The van der Waals surface area contributed by atoms with Gasteiger partial charge in [-0.3, -0.25) is 0 Å².